The predicted molar refractivity (Wildman–Crippen MR) is 173 cm³/mol. The van der Waals surface area contributed by atoms with Crippen molar-refractivity contribution >= 4 is 29.7 Å². The van der Waals surface area contributed by atoms with Crippen molar-refractivity contribution in [1.29, 1.82) is 0 Å². The van der Waals surface area contributed by atoms with Crippen molar-refractivity contribution in [3.8, 4) is 0 Å². The molecule has 2 atom stereocenters. The predicted octanol–water partition coefficient (Wildman–Crippen LogP) is 4.94. The fraction of sp³-hybridized carbons (Fsp3) is 0.278. The molecule has 2 aliphatic rings. The van der Waals surface area contributed by atoms with Crippen LogP contribution in [-0.2, 0) is 28.9 Å². The van der Waals surface area contributed by atoms with Crippen molar-refractivity contribution in [1.82, 2.24) is 20.6 Å². The normalized spacial score (nSPS) is 16.0. The summed E-state index contributed by atoms with van der Waals surface area (Å²) in [7, 11) is 2.66. The molecule has 48 heavy (non-hydrogen) atoms. The van der Waals surface area contributed by atoms with Gasteiger partial charge in [0.15, 0.2) is 0 Å². The van der Waals surface area contributed by atoms with Crippen molar-refractivity contribution in [2.45, 2.75) is 51.2 Å². The third-order valence-electron chi connectivity index (χ3n) is 8.76. The molecule has 1 aromatic heterocycles. The molecule has 0 saturated carbocycles. The Hall–Kier alpha value is -5.65. The van der Waals surface area contributed by atoms with E-state index < -0.39 is 23.8 Å². The van der Waals surface area contributed by atoms with E-state index in [1.54, 1.807) is 43.3 Å². The summed E-state index contributed by atoms with van der Waals surface area (Å²) in [5, 5.41) is 9.11. The van der Waals surface area contributed by atoms with E-state index in [0.29, 0.717) is 47.9 Å². The maximum Gasteiger partial charge on any atom is 0.337 e. The second-order valence-electron chi connectivity index (χ2n) is 11.8. The molecule has 0 saturated heterocycles. The lowest BCUT2D eigenvalue weighted by molar-refractivity contribution is 0.0591. The largest absolute Gasteiger partial charge is 0.465 e. The number of rotatable bonds is 9. The molecule has 0 aliphatic heterocycles. The fourth-order valence-corrected chi connectivity index (χ4v) is 6.25. The van der Waals surface area contributed by atoms with Crippen molar-refractivity contribution in [3.05, 3.63) is 122 Å². The van der Waals surface area contributed by atoms with Gasteiger partial charge in [0.1, 0.15) is 17.2 Å². The minimum Gasteiger partial charge on any atom is -0.465 e. The quantitative estimate of drug-likeness (QED) is 0.214. The highest BCUT2D eigenvalue weighted by molar-refractivity contribution is 5.98. The molecule has 4 aromatic rings. The molecule has 2 amide bonds. The lowest BCUT2D eigenvalue weighted by Crippen LogP contribution is -2.30. The van der Waals surface area contributed by atoms with Crippen molar-refractivity contribution < 1.29 is 33.0 Å². The number of hydrogen-bond donors (Lipinski definition) is 3. The van der Waals surface area contributed by atoms with Crippen LogP contribution in [0.5, 0.6) is 0 Å². The van der Waals surface area contributed by atoms with Crippen LogP contribution in [0.3, 0.4) is 0 Å². The Labute approximate surface area is 276 Å². The molecule has 3 aromatic carbocycles. The number of fused-ring (bicyclic) bond motifs is 2. The summed E-state index contributed by atoms with van der Waals surface area (Å²) >= 11 is 0. The molecule has 0 spiro atoms. The van der Waals surface area contributed by atoms with Crippen molar-refractivity contribution in [2.75, 3.05) is 19.5 Å². The second-order valence-corrected chi connectivity index (χ2v) is 11.8. The minimum atomic E-state index is -0.535. The molecule has 1 heterocycles. The van der Waals surface area contributed by atoms with Gasteiger partial charge in [0.25, 0.3) is 11.8 Å². The lowest BCUT2D eigenvalue weighted by atomic mass is 10.0. The van der Waals surface area contributed by atoms with E-state index >= 15 is 0 Å². The molecule has 1 unspecified atom stereocenters. The SMILES string of the molecule is COC(=O)c1ccc2c(c1)CCC2Nc1nc(C(=O)NCc2ccc(F)c(C)c2)cc(C(=O)N[C@H]2CCc3cc(C(=O)OC)ccc32)n1. The van der Waals surface area contributed by atoms with Crippen LogP contribution in [0, 0.1) is 12.7 Å². The first-order chi connectivity index (χ1) is 23.1. The molecular formula is C36H34FN5O6. The van der Waals surface area contributed by atoms with E-state index in [1.807, 2.05) is 12.1 Å². The maximum atomic E-state index is 13.8. The van der Waals surface area contributed by atoms with Crippen LogP contribution < -0.4 is 16.0 Å². The second kappa shape index (κ2) is 13.6. The van der Waals surface area contributed by atoms with Crippen LogP contribution >= 0.6 is 0 Å². The van der Waals surface area contributed by atoms with E-state index in [1.165, 1.54) is 26.4 Å². The Bertz CT molecular complexity index is 1950. The molecular weight excluding hydrogens is 617 g/mol. The highest BCUT2D eigenvalue weighted by Gasteiger charge is 2.28. The summed E-state index contributed by atoms with van der Waals surface area (Å²) in [6.07, 6.45) is 2.66. The molecule has 246 valence electrons. The number of benzene rings is 3. The van der Waals surface area contributed by atoms with Crippen LogP contribution in [0.15, 0.2) is 60.7 Å². The van der Waals surface area contributed by atoms with Gasteiger partial charge in [0.05, 0.1) is 37.4 Å². The number of aryl methyl sites for hydroxylation is 3. The van der Waals surface area contributed by atoms with Gasteiger partial charge in [0.2, 0.25) is 5.95 Å². The van der Waals surface area contributed by atoms with Gasteiger partial charge in [-0.3, -0.25) is 9.59 Å². The first-order valence-electron chi connectivity index (χ1n) is 15.6. The highest BCUT2D eigenvalue weighted by Crippen LogP contribution is 2.35. The Balaban J connectivity index is 1.25. The number of anilines is 1. The van der Waals surface area contributed by atoms with Gasteiger partial charge in [0, 0.05) is 12.6 Å². The monoisotopic (exact) mass is 651 g/mol. The van der Waals surface area contributed by atoms with Gasteiger partial charge in [-0.2, -0.15) is 0 Å². The number of halogens is 1. The smallest absolute Gasteiger partial charge is 0.337 e. The van der Waals surface area contributed by atoms with Gasteiger partial charge < -0.3 is 25.4 Å². The molecule has 0 fully saturated rings. The molecule has 12 heteroatoms. The molecule has 0 radical (unpaired) electrons. The Kier molecular flexibility index (Phi) is 9.15. The zero-order chi connectivity index (χ0) is 33.9. The molecule has 11 nitrogen and oxygen atoms in total. The maximum absolute atomic E-state index is 13.8. The van der Waals surface area contributed by atoms with Gasteiger partial charge in [-0.25, -0.2) is 23.9 Å². The third-order valence-corrected chi connectivity index (χ3v) is 8.76. The van der Waals surface area contributed by atoms with Crippen LogP contribution in [0.1, 0.15) is 100.0 Å². The Morgan fingerprint density at radius 2 is 1.35 bits per heavy atom. The first kappa shape index (κ1) is 32.3. The van der Waals surface area contributed by atoms with Crippen molar-refractivity contribution in [3.63, 3.8) is 0 Å². The lowest BCUT2D eigenvalue weighted by Gasteiger charge is -2.17. The van der Waals surface area contributed by atoms with Crippen LogP contribution in [0.4, 0.5) is 10.3 Å². The molecule has 0 bridgehead atoms. The van der Waals surface area contributed by atoms with Crippen LogP contribution in [0.2, 0.25) is 0 Å². The standard InChI is InChI=1S/C36H34FN5O6/c1-19-14-20(4-11-27(19)37)18-38-32(43)30-17-31(33(44)39-28-12-7-21-15-23(34(45)47-2)5-9-25(21)28)42-36(41-30)40-29-13-8-22-16-24(35(46)48-3)6-10-26(22)29/h4-6,9-11,14-17,28-29H,7-8,12-13,18H2,1-3H3,(H,38,43)(H,39,44)(H,40,41,42)/t28-,29?/m0/s1. The van der Waals surface area contributed by atoms with E-state index in [-0.39, 0.29) is 41.8 Å². The number of esters is 2. The van der Waals surface area contributed by atoms with E-state index in [9.17, 15) is 23.6 Å². The molecule has 6 rings (SSSR count). The molecule has 3 N–H and O–H groups in total. The number of carbonyl (C=O) groups excluding carboxylic acids is 4. The average Bonchev–Trinajstić information content (AvgIpc) is 3.70. The number of methoxy groups -OCH3 is 2. The zero-order valence-corrected chi connectivity index (χ0v) is 26.7. The number of nitrogens with zero attached hydrogens (tertiary/aromatic N) is 2. The number of amides is 2. The summed E-state index contributed by atoms with van der Waals surface area (Å²) in [6, 6.07) is 16.0. The summed E-state index contributed by atoms with van der Waals surface area (Å²) in [4.78, 5) is 60.0. The topological polar surface area (TPSA) is 149 Å². The van der Waals surface area contributed by atoms with E-state index in [2.05, 4.69) is 25.9 Å². The third kappa shape index (κ3) is 6.73. The summed E-state index contributed by atoms with van der Waals surface area (Å²) in [5.74, 6) is -2.12. The minimum absolute atomic E-state index is 0.00540. The van der Waals surface area contributed by atoms with Crippen LogP contribution in [-0.4, -0.2) is 47.9 Å². The summed E-state index contributed by atoms with van der Waals surface area (Å²) in [5.41, 5.74) is 5.80. The van der Waals surface area contributed by atoms with E-state index in [0.717, 1.165) is 22.3 Å². The summed E-state index contributed by atoms with van der Waals surface area (Å²) < 4.78 is 23.4. The number of nitrogens with one attached hydrogen (secondary N) is 3. The average molecular weight is 652 g/mol. The highest BCUT2D eigenvalue weighted by atomic mass is 19.1. The van der Waals surface area contributed by atoms with Gasteiger partial charge in [-0.05, 0) is 96.3 Å². The summed E-state index contributed by atoms with van der Waals surface area (Å²) in [6.45, 7) is 1.77. The zero-order valence-electron chi connectivity index (χ0n) is 26.7. The van der Waals surface area contributed by atoms with E-state index in [4.69, 9.17) is 9.47 Å². The van der Waals surface area contributed by atoms with Gasteiger partial charge in [-0.15, -0.1) is 0 Å². The van der Waals surface area contributed by atoms with Gasteiger partial charge >= 0.3 is 11.9 Å². The Morgan fingerprint density at radius 1 is 0.771 bits per heavy atom. The van der Waals surface area contributed by atoms with Gasteiger partial charge in [-0.1, -0.05) is 24.3 Å². The fourth-order valence-electron chi connectivity index (χ4n) is 6.25. The number of aromatic nitrogens is 2. The molecule has 2 aliphatic carbocycles. The number of hydrogen-bond acceptors (Lipinski definition) is 9. The van der Waals surface area contributed by atoms with Crippen LogP contribution in [0.25, 0.3) is 0 Å². The number of ether oxygens (including phenoxy) is 2. The van der Waals surface area contributed by atoms with Crippen molar-refractivity contribution in [2.24, 2.45) is 0 Å². The Morgan fingerprint density at radius 3 is 1.96 bits per heavy atom. The first-order valence-corrected chi connectivity index (χ1v) is 15.6. The number of carbonyl (C=O) groups is 4.